The van der Waals surface area contributed by atoms with Gasteiger partial charge in [-0.2, -0.15) is 0 Å². The van der Waals surface area contributed by atoms with Crippen LogP contribution in [0.15, 0.2) is 78.0 Å². The number of amides is 1. The van der Waals surface area contributed by atoms with Gasteiger partial charge in [0, 0.05) is 11.9 Å². The molecule has 3 aromatic rings. The van der Waals surface area contributed by atoms with Gasteiger partial charge in [0.05, 0.1) is 35.8 Å². The second-order valence-electron chi connectivity index (χ2n) is 7.29. The highest BCUT2D eigenvalue weighted by Crippen LogP contribution is 2.25. The largest absolute Gasteiger partial charge is 0.497 e. The topological polar surface area (TPSA) is 135 Å². The molecule has 2 N–H and O–H groups in total. The fourth-order valence-corrected chi connectivity index (χ4v) is 5.36. The summed E-state index contributed by atoms with van der Waals surface area (Å²) in [5.41, 5.74) is 0.919. The van der Waals surface area contributed by atoms with E-state index in [0.29, 0.717) is 22.8 Å². The molecule has 0 aliphatic heterocycles. The van der Waals surface area contributed by atoms with E-state index in [0.717, 1.165) is 10.6 Å². The highest BCUT2D eigenvalue weighted by Gasteiger charge is 2.29. The zero-order valence-electron chi connectivity index (χ0n) is 18.7. The van der Waals surface area contributed by atoms with Gasteiger partial charge in [0.25, 0.3) is 10.0 Å². The first kappa shape index (κ1) is 25.0. The number of anilines is 3. The molecule has 1 unspecified atom stereocenters. The van der Waals surface area contributed by atoms with Crippen molar-refractivity contribution in [2.75, 3.05) is 27.7 Å². The fraction of sp³-hybridized carbons (Fsp3) is 0.182. The number of nitrogens with zero attached hydrogens (tertiary/aromatic N) is 2. The average molecular weight is 505 g/mol. The van der Waals surface area contributed by atoms with Crippen LogP contribution in [-0.4, -0.2) is 47.1 Å². The first-order chi connectivity index (χ1) is 16.0. The van der Waals surface area contributed by atoms with Gasteiger partial charge in [0.15, 0.2) is 0 Å². The number of rotatable bonds is 9. The standard InChI is InChI=1S/C22H24N4O6S2/c1-16(26(33(3,28)29)19-8-10-20(32-2)11-9-19)22(27)24-17-6-12-21(13-7-17)34(30,31)25-18-5-4-14-23-15-18/h4-16,25H,1-3H3,(H,24,27). The molecule has 3 rings (SSSR count). The van der Waals surface area contributed by atoms with Crippen molar-refractivity contribution in [1.82, 2.24) is 4.98 Å². The Morgan fingerprint density at radius 3 is 2.15 bits per heavy atom. The molecule has 1 heterocycles. The first-order valence-corrected chi connectivity index (χ1v) is 13.3. The first-order valence-electron chi connectivity index (χ1n) is 9.98. The normalized spacial score (nSPS) is 12.4. The zero-order chi connectivity index (χ0) is 24.9. The Morgan fingerprint density at radius 2 is 1.62 bits per heavy atom. The zero-order valence-corrected chi connectivity index (χ0v) is 20.3. The minimum atomic E-state index is -3.85. The predicted octanol–water partition coefficient (Wildman–Crippen LogP) is 2.68. The average Bonchev–Trinajstić information content (AvgIpc) is 2.79. The van der Waals surface area contributed by atoms with Gasteiger partial charge >= 0.3 is 0 Å². The van der Waals surface area contributed by atoms with Crippen molar-refractivity contribution in [2.45, 2.75) is 17.9 Å². The molecule has 2 aromatic carbocycles. The van der Waals surface area contributed by atoms with Crippen molar-refractivity contribution in [2.24, 2.45) is 0 Å². The van der Waals surface area contributed by atoms with Crippen molar-refractivity contribution in [1.29, 1.82) is 0 Å². The number of pyridine rings is 1. The lowest BCUT2D eigenvalue weighted by Gasteiger charge is -2.28. The molecule has 180 valence electrons. The summed E-state index contributed by atoms with van der Waals surface area (Å²) in [5.74, 6) is -0.0484. The molecule has 0 bridgehead atoms. The summed E-state index contributed by atoms with van der Waals surface area (Å²) in [5, 5.41) is 2.62. The van der Waals surface area contributed by atoms with Gasteiger partial charge in [-0.05, 0) is 67.6 Å². The van der Waals surface area contributed by atoms with Crippen LogP contribution < -0.4 is 19.1 Å². The van der Waals surface area contributed by atoms with Crippen molar-refractivity contribution < 1.29 is 26.4 Å². The Balaban J connectivity index is 1.75. The molecule has 1 aromatic heterocycles. The lowest BCUT2D eigenvalue weighted by atomic mass is 10.2. The summed E-state index contributed by atoms with van der Waals surface area (Å²) < 4.78 is 58.4. The molecular weight excluding hydrogens is 480 g/mol. The van der Waals surface area contributed by atoms with Crippen LogP contribution >= 0.6 is 0 Å². The third kappa shape index (κ3) is 6.02. The van der Waals surface area contributed by atoms with E-state index in [-0.39, 0.29) is 4.90 Å². The number of carbonyl (C=O) groups excluding carboxylic acids is 1. The van der Waals surface area contributed by atoms with Crippen LogP contribution in [-0.2, 0) is 24.8 Å². The SMILES string of the molecule is COc1ccc(N(C(C)C(=O)Nc2ccc(S(=O)(=O)Nc3cccnc3)cc2)S(C)(=O)=O)cc1. The Hall–Kier alpha value is -3.64. The van der Waals surface area contributed by atoms with Crippen LogP contribution in [0.25, 0.3) is 0 Å². The molecule has 0 fully saturated rings. The summed E-state index contributed by atoms with van der Waals surface area (Å²) >= 11 is 0. The number of methoxy groups -OCH3 is 1. The Labute approximate surface area is 198 Å². The quantitative estimate of drug-likeness (QED) is 0.457. The number of aromatic nitrogens is 1. The lowest BCUT2D eigenvalue weighted by molar-refractivity contribution is -0.116. The third-order valence-corrected chi connectivity index (χ3v) is 7.40. The van der Waals surface area contributed by atoms with E-state index in [1.807, 2.05) is 0 Å². The van der Waals surface area contributed by atoms with Gasteiger partial charge in [-0.15, -0.1) is 0 Å². The lowest BCUT2D eigenvalue weighted by Crippen LogP contribution is -2.45. The van der Waals surface area contributed by atoms with Crippen LogP contribution in [0.5, 0.6) is 5.75 Å². The van der Waals surface area contributed by atoms with Crippen LogP contribution in [0.2, 0.25) is 0 Å². The van der Waals surface area contributed by atoms with Crippen LogP contribution in [0.3, 0.4) is 0 Å². The van der Waals surface area contributed by atoms with E-state index in [1.165, 1.54) is 50.7 Å². The number of sulfonamides is 2. The van der Waals surface area contributed by atoms with Crippen LogP contribution in [0.4, 0.5) is 17.1 Å². The maximum absolute atomic E-state index is 12.8. The highest BCUT2D eigenvalue weighted by atomic mass is 32.2. The molecular formula is C22H24N4O6S2. The van der Waals surface area contributed by atoms with Crippen LogP contribution in [0, 0.1) is 0 Å². The molecule has 0 radical (unpaired) electrons. The monoisotopic (exact) mass is 504 g/mol. The molecule has 12 heteroatoms. The molecule has 0 saturated carbocycles. The van der Waals surface area contributed by atoms with Gasteiger partial charge in [0.1, 0.15) is 11.8 Å². The summed E-state index contributed by atoms with van der Waals surface area (Å²) in [6.07, 6.45) is 3.91. The molecule has 0 spiro atoms. The van der Waals surface area contributed by atoms with E-state index in [4.69, 9.17) is 4.74 Å². The molecule has 1 amide bonds. The van der Waals surface area contributed by atoms with E-state index in [2.05, 4.69) is 15.0 Å². The fourth-order valence-electron chi connectivity index (χ4n) is 3.14. The van der Waals surface area contributed by atoms with E-state index in [1.54, 1.807) is 36.4 Å². The molecule has 0 saturated heterocycles. The smallest absolute Gasteiger partial charge is 0.261 e. The highest BCUT2D eigenvalue weighted by molar-refractivity contribution is 7.92. The number of benzene rings is 2. The number of hydrogen-bond acceptors (Lipinski definition) is 7. The number of hydrogen-bond donors (Lipinski definition) is 2. The molecule has 0 aliphatic rings. The van der Waals surface area contributed by atoms with Crippen LogP contribution in [0.1, 0.15) is 6.92 Å². The summed E-state index contributed by atoms with van der Waals surface area (Å²) in [4.78, 5) is 16.7. The second-order valence-corrected chi connectivity index (χ2v) is 10.8. The van der Waals surface area contributed by atoms with Gasteiger partial charge < -0.3 is 10.1 Å². The maximum atomic E-state index is 12.8. The van der Waals surface area contributed by atoms with E-state index < -0.39 is 32.0 Å². The van der Waals surface area contributed by atoms with E-state index >= 15 is 0 Å². The summed E-state index contributed by atoms with van der Waals surface area (Å²) in [6.45, 7) is 1.46. The summed E-state index contributed by atoms with van der Waals surface area (Å²) in [7, 11) is -6.15. The molecule has 10 nitrogen and oxygen atoms in total. The Kier molecular flexibility index (Phi) is 7.42. The molecule has 0 aliphatic carbocycles. The minimum Gasteiger partial charge on any atom is -0.497 e. The van der Waals surface area contributed by atoms with Crippen molar-refractivity contribution in [3.05, 3.63) is 73.1 Å². The predicted molar refractivity (Wildman–Crippen MR) is 130 cm³/mol. The molecule has 34 heavy (non-hydrogen) atoms. The number of carbonyl (C=O) groups is 1. The van der Waals surface area contributed by atoms with E-state index in [9.17, 15) is 21.6 Å². The summed E-state index contributed by atoms with van der Waals surface area (Å²) in [6, 6.07) is 13.8. The van der Waals surface area contributed by atoms with Crippen molar-refractivity contribution in [3.63, 3.8) is 0 Å². The minimum absolute atomic E-state index is 0.0154. The maximum Gasteiger partial charge on any atom is 0.261 e. The third-order valence-electron chi connectivity index (χ3n) is 4.76. The number of nitrogens with one attached hydrogen (secondary N) is 2. The van der Waals surface area contributed by atoms with Gasteiger partial charge in [-0.3, -0.25) is 18.8 Å². The number of ether oxygens (including phenoxy) is 1. The second kappa shape index (κ2) is 10.1. The van der Waals surface area contributed by atoms with Crippen molar-refractivity contribution in [3.8, 4) is 5.75 Å². The van der Waals surface area contributed by atoms with Gasteiger partial charge in [0.2, 0.25) is 15.9 Å². The van der Waals surface area contributed by atoms with Gasteiger partial charge in [-0.25, -0.2) is 16.8 Å². The van der Waals surface area contributed by atoms with Crippen molar-refractivity contribution >= 4 is 43.0 Å². The Bertz CT molecular complexity index is 1340. The molecule has 1 atom stereocenters. The Morgan fingerprint density at radius 1 is 0.971 bits per heavy atom. The van der Waals surface area contributed by atoms with Gasteiger partial charge in [-0.1, -0.05) is 0 Å².